The zero-order chi connectivity index (χ0) is 19.5. The van der Waals surface area contributed by atoms with Gasteiger partial charge in [0.15, 0.2) is 0 Å². The number of aromatic nitrogens is 1. The van der Waals surface area contributed by atoms with Crippen molar-refractivity contribution in [2.75, 3.05) is 0 Å². The summed E-state index contributed by atoms with van der Waals surface area (Å²) in [6.45, 7) is 1.88. The first kappa shape index (κ1) is 18.5. The molecule has 0 fully saturated rings. The van der Waals surface area contributed by atoms with E-state index in [1.165, 1.54) is 11.3 Å². The van der Waals surface area contributed by atoms with E-state index in [2.05, 4.69) is 15.2 Å². The first-order chi connectivity index (χ1) is 13.6. The van der Waals surface area contributed by atoms with E-state index in [0.29, 0.717) is 16.7 Å². The van der Waals surface area contributed by atoms with Crippen LogP contribution in [0.15, 0.2) is 75.3 Å². The van der Waals surface area contributed by atoms with E-state index in [1.54, 1.807) is 18.2 Å². The summed E-state index contributed by atoms with van der Waals surface area (Å²) in [4.78, 5) is 4.43. The number of azo groups is 1. The number of thiazole rings is 1. The van der Waals surface area contributed by atoms with E-state index < -0.39 is 11.4 Å². The van der Waals surface area contributed by atoms with Gasteiger partial charge < -0.3 is 8.60 Å². The number of benzene rings is 2. The molecule has 0 radical (unpaired) electrons. The highest BCUT2D eigenvalue weighted by Crippen LogP contribution is 2.32. The largest absolute Gasteiger partial charge is 0.459 e. The number of rotatable bonds is 6. The third kappa shape index (κ3) is 4.16. The lowest BCUT2D eigenvalue weighted by Crippen LogP contribution is -1.97. The monoisotopic (exact) mass is 413 g/mol. The lowest BCUT2D eigenvalue weighted by molar-refractivity contribution is 0.457. The molecule has 2 atom stereocenters. The maximum Gasteiger partial charge on any atom is 0.357 e. The summed E-state index contributed by atoms with van der Waals surface area (Å²) in [6, 6.07) is 18.0. The predicted molar refractivity (Wildman–Crippen MR) is 108 cm³/mol. The molecule has 2 unspecified atom stereocenters. The fourth-order valence-electron chi connectivity index (χ4n) is 2.61. The number of fused-ring (bicyclic) bond motifs is 1. The Balaban J connectivity index is 1.51. The average molecular weight is 413 g/mol. The van der Waals surface area contributed by atoms with Gasteiger partial charge in [0, 0.05) is 5.56 Å². The van der Waals surface area contributed by atoms with E-state index in [1.807, 2.05) is 49.4 Å². The zero-order valence-corrected chi connectivity index (χ0v) is 16.3. The van der Waals surface area contributed by atoms with Crippen molar-refractivity contribution in [2.45, 2.75) is 13.0 Å². The van der Waals surface area contributed by atoms with Crippen LogP contribution < -0.4 is 4.18 Å². The molecule has 0 spiro atoms. The fraction of sp³-hybridized carbons (Fsp3) is 0.105. The second kappa shape index (κ2) is 8.01. The lowest BCUT2D eigenvalue weighted by atomic mass is 10.2. The van der Waals surface area contributed by atoms with Crippen LogP contribution in [0.4, 0.5) is 5.13 Å². The van der Waals surface area contributed by atoms with Crippen molar-refractivity contribution in [3.05, 3.63) is 66.4 Å². The number of nitrogens with zero attached hydrogens (tertiary/aromatic N) is 3. The number of hydrogen-bond acceptors (Lipinski definition) is 7. The normalized spacial score (nSPS) is 13.8. The van der Waals surface area contributed by atoms with E-state index in [4.69, 9.17) is 13.2 Å². The van der Waals surface area contributed by atoms with Crippen LogP contribution in [-0.2, 0) is 11.4 Å². The van der Waals surface area contributed by atoms with Crippen LogP contribution in [0.2, 0.25) is 0 Å². The van der Waals surface area contributed by atoms with E-state index in [-0.39, 0.29) is 11.8 Å². The van der Waals surface area contributed by atoms with Gasteiger partial charge in [-0.3, -0.25) is 4.55 Å². The molecule has 2 aromatic carbocycles. The van der Waals surface area contributed by atoms with Crippen LogP contribution in [0, 0.1) is 0 Å². The highest BCUT2D eigenvalue weighted by Gasteiger charge is 2.12. The van der Waals surface area contributed by atoms with Gasteiger partial charge in [-0.25, -0.2) is 4.98 Å². The van der Waals surface area contributed by atoms with Crippen LogP contribution in [0.25, 0.3) is 21.5 Å². The predicted octanol–water partition coefficient (Wildman–Crippen LogP) is 5.92. The maximum absolute atomic E-state index is 10.8. The SMILES string of the molecule is CC(N=Nc1nc2ccccc2s1)c1ccc(-c2cccc(OS(=O)O)c2)o1. The number of hydrogen-bond donors (Lipinski definition) is 1. The molecule has 9 heteroatoms. The smallest absolute Gasteiger partial charge is 0.357 e. The molecule has 2 heterocycles. The van der Waals surface area contributed by atoms with Gasteiger partial charge in [0.05, 0.1) is 10.2 Å². The van der Waals surface area contributed by atoms with Crippen LogP contribution in [0.5, 0.6) is 5.75 Å². The maximum atomic E-state index is 10.8. The third-order valence-electron chi connectivity index (χ3n) is 3.92. The molecule has 0 saturated carbocycles. The zero-order valence-electron chi connectivity index (χ0n) is 14.7. The molecule has 4 aromatic rings. The van der Waals surface area contributed by atoms with Gasteiger partial charge in [-0.15, -0.1) is 5.11 Å². The summed E-state index contributed by atoms with van der Waals surface area (Å²) in [5.41, 5.74) is 1.63. The van der Waals surface area contributed by atoms with Crippen molar-refractivity contribution >= 4 is 38.0 Å². The molecule has 0 aliphatic rings. The summed E-state index contributed by atoms with van der Waals surface area (Å²) < 4.78 is 31.4. The molecular formula is C19H15N3O4S2. The number of furan rings is 1. The summed E-state index contributed by atoms with van der Waals surface area (Å²) in [7, 11) is 0. The van der Waals surface area contributed by atoms with Crippen LogP contribution in [-0.4, -0.2) is 13.7 Å². The first-order valence-corrected chi connectivity index (χ1v) is 10.2. The van der Waals surface area contributed by atoms with Crippen LogP contribution in [0.1, 0.15) is 18.7 Å². The van der Waals surface area contributed by atoms with Gasteiger partial charge in [-0.2, -0.15) is 9.32 Å². The Kier molecular flexibility index (Phi) is 5.29. The van der Waals surface area contributed by atoms with Crippen molar-refractivity contribution in [2.24, 2.45) is 10.2 Å². The van der Waals surface area contributed by atoms with E-state index in [0.717, 1.165) is 15.8 Å². The van der Waals surface area contributed by atoms with Crippen molar-refractivity contribution in [3.63, 3.8) is 0 Å². The Hall–Kier alpha value is -2.88. The van der Waals surface area contributed by atoms with E-state index >= 15 is 0 Å². The van der Waals surface area contributed by atoms with Gasteiger partial charge in [0.25, 0.3) is 0 Å². The molecule has 1 N–H and O–H groups in total. The quantitative estimate of drug-likeness (QED) is 0.313. The van der Waals surface area contributed by atoms with Crippen molar-refractivity contribution in [1.82, 2.24) is 4.98 Å². The molecule has 0 aliphatic heterocycles. The second-order valence-corrected chi connectivity index (χ2v) is 7.50. The van der Waals surface area contributed by atoms with Gasteiger partial charge in [-0.1, -0.05) is 35.6 Å². The molecule has 0 bridgehead atoms. The van der Waals surface area contributed by atoms with Crippen molar-refractivity contribution in [3.8, 4) is 17.1 Å². The number of para-hydroxylation sites is 1. The van der Waals surface area contributed by atoms with Crippen LogP contribution in [0.3, 0.4) is 0 Å². The molecule has 28 heavy (non-hydrogen) atoms. The Bertz CT molecular complexity index is 1140. The fourth-order valence-corrected chi connectivity index (χ4v) is 3.67. The minimum Gasteiger partial charge on any atom is -0.459 e. The van der Waals surface area contributed by atoms with E-state index in [9.17, 15) is 4.21 Å². The summed E-state index contributed by atoms with van der Waals surface area (Å²) in [5.74, 6) is 1.53. The Morgan fingerprint density at radius 2 is 2.04 bits per heavy atom. The third-order valence-corrected chi connectivity index (χ3v) is 5.18. The highest BCUT2D eigenvalue weighted by molar-refractivity contribution is 7.74. The summed E-state index contributed by atoms with van der Waals surface area (Å²) in [5, 5.41) is 9.14. The molecule has 142 valence electrons. The minimum absolute atomic E-state index is 0.278. The molecule has 0 aliphatic carbocycles. The molecule has 0 amide bonds. The molecule has 2 aromatic heterocycles. The Morgan fingerprint density at radius 3 is 2.86 bits per heavy atom. The van der Waals surface area contributed by atoms with Gasteiger partial charge in [0.1, 0.15) is 23.3 Å². The molecule has 7 nitrogen and oxygen atoms in total. The second-order valence-electron chi connectivity index (χ2n) is 5.89. The Labute approximate surface area is 167 Å². The molecule has 4 rings (SSSR count). The van der Waals surface area contributed by atoms with Gasteiger partial charge >= 0.3 is 11.4 Å². The average Bonchev–Trinajstić information content (AvgIpc) is 3.33. The minimum atomic E-state index is -2.37. The van der Waals surface area contributed by atoms with Crippen molar-refractivity contribution in [1.29, 1.82) is 0 Å². The van der Waals surface area contributed by atoms with Crippen LogP contribution >= 0.6 is 11.3 Å². The first-order valence-electron chi connectivity index (χ1n) is 8.34. The standard InChI is InChI=1S/C19H15N3O4S2/c1-12(21-22-19-20-15-7-2-3-8-18(15)27-19)16-9-10-17(25-16)13-5-4-6-14(11-13)26-28(23)24/h2-12H,1H3,(H,23,24). The highest BCUT2D eigenvalue weighted by atomic mass is 32.2. The summed E-state index contributed by atoms with van der Waals surface area (Å²) in [6.07, 6.45) is 0. The molecule has 0 saturated heterocycles. The Morgan fingerprint density at radius 1 is 1.18 bits per heavy atom. The van der Waals surface area contributed by atoms with Crippen molar-refractivity contribution < 1.29 is 17.4 Å². The van der Waals surface area contributed by atoms with Gasteiger partial charge in [-0.05, 0) is 43.3 Å². The van der Waals surface area contributed by atoms with Gasteiger partial charge in [0.2, 0.25) is 5.13 Å². The topological polar surface area (TPSA) is 97.3 Å². The lowest BCUT2D eigenvalue weighted by Gasteiger charge is -2.03. The molecular weight excluding hydrogens is 398 g/mol. The summed E-state index contributed by atoms with van der Waals surface area (Å²) >= 11 is -0.892.